The molecule has 1 atom stereocenters. The first-order chi connectivity index (χ1) is 7.59. The van der Waals surface area contributed by atoms with Crippen LogP contribution in [0.3, 0.4) is 0 Å². The van der Waals surface area contributed by atoms with Crippen LogP contribution >= 0.6 is 15.9 Å². The summed E-state index contributed by atoms with van der Waals surface area (Å²) in [6.07, 6.45) is 1.60. The van der Waals surface area contributed by atoms with Gasteiger partial charge in [-0.3, -0.25) is 4.68 Å². The van der Waals surface area contributed by atoms with E-state index in [4.69, 9.17) is 5.73 Å². The lowest BCUT2D eigenvalue weighted by molar-refractivity contribution is 0.617. The molecule has 2 aromatic rings. The third-order valence-electron chi connectivity index (χ3n) is 2.37. The number of hydrogen-bond donors (Lipinski definition) is 1. The fourth-order valence-corrected chi connectivity index (χ4v) is 1.85. The first kappa shape index (κ1) is 11.2. The zero-order valence-corrected chi connectivity index (χ0v) is 10.1. The quantitative estimate of drug-likeness (QED) is 0.914. The normalized spacial score (nSPS) is 12.8. The highest BCUT2D eigenvalue weighted by molar-refractivity contribution is 9.10. The first-order valence-electron chi connectivity index (χ1n) is 4.64. The molecule has 0 fully saturated rings. The van der Waals surface area contributed by atoms with Crippen molar-refractivity contribution in [3.8, 4) is 0 Å². The molecule has 1 aromatic carbocycles. The maximum atomic E-state index is 13.1. The zero-order chi connectivity index (χ0) is 11.7. The van der Waals surface area contributed by atoms with Crippen LogP contribution in [0, 0.1) is 5.82 Å². The molecule has 4 nitrogen and oxygen atoms in total. The van der Waals surface area contributed by atoms with Crippen molar-refractivity contribution in [1.29, 1.82) is 0 Å². The van der Waals surface area contributed by atoms with Crippen LogP contribution in [0.25, 0.3) is 0 Å². The van der Waals surface area contributed by atoms with Gasteiger partial charge in [-0.25, -0.2) is 4.39 Å². The Morgan fingerprint density at radius 2 is 2.25 bits per heavy atom. The molecule has 0 aliphatic rings. The summed E-state index contributed by atoms with van der Waals surface area (Å²) in [7, 11) is 1.76. The highest BCUT2D eigenvalue weighted by atomic mass is 79.9. The van der Waals surface area contributed by atoms with E-state index in [0.717, 1.165) is 11.3 Å². The van der Waals surface area contributed by atoms with Gasteiger partial charge in [0.15, 0.2) is 0 Å². The topological polar surface area (TPSA) is 56.7 Å². The molecule has 0 radical (unpaired) electrons. The van der Waals surface area contributed by atoms with Crippen LogP contribution in [0.2, 0.25) is 0 Å². The molecule has 0 bridgehead atoms. The van der Waals surface area contributed by atoms with Crippen molar-refractivity contribution in [3.05, 3.63) is 45.9 Å². The van der Waals surface area contributed by atoms with Crippen molar-refractivity contribution in [2.24, 2.45) is 12.8 Å². The van der Waals surface area contributed by atoms with E-state index in [9.17, 15) is 4.39 Å². The summed E-state index contributed by atoms with van der Waals surface area (Å²) in [6.45, 7) is 0. The molecule has 0 saturated heterocycles. The molecule has 16 heavy (non-hydrogen) atoms. The van der Waals surface area contributed by atoms with Gasteiger partial charge in [-0.2, -0.15) is 0 Å². The summed E-state index contributed by atoms with van der Waals surface area (Å²) in [5, 5.41) is 7.56. The molecule has 0 spiro atoms. The zero-order valence-electron chi connectivity index (χ0n) is 8.56. The number of rotatable bonds is 2. The van der Waals surface area contributed by atoms with Crippen molar-refractivity contribution < 1.29 is 4.39 Å². The molecule has 6 heteroatoms. The Labute approximate surface area is 100 Å². The molecule has 0 aliphatic heterocycles. The summed E-state index contributed by atoms with van der Waals surface area (Å²) in [4.78, 5) is 0. The van der Waals surface area contributed by atoms with Gasteiger partial charge in [0.1, 0.15) is 5.82 Å². The Hall–Kier alpha value is -1.27. The summed E-state index contributed by atoms with van der Waals surface area (Å²) in [5.74, 6) is -0.306. The SMILES string of the molecule is Cn1nncc1C(N)c1ccc(F)c(Br)c1. The van der Waals surface area contributed by atoms with E-state index >= 15 is 0 Å². The lowest BCUT2D eigenvalue weighted by atomic mass is 10.1. The minimum Gasteiger partial charge on any atom is -0.319 e. The third kappa shape index (κ3) is 1.98. The van der Waals surface area contributed by atoms with Crippen molar-refractivity contribution in [2.75, 3.05) is 0 Å². The maximum Gasteiger partial charge on any atom is 0.137 e. The average Bonchev–Trinajstić information content (AvgIpc) is 2.67. The highest BCUT2D eigenvalue weighted by Gasteiger charge is 2.14. The van der Waals surface area contributed by atoms with Gasteiger partial charge in [0.2, 0.25) is 0 Å². The van der Waals surface area contributed by atoms with Crippen LogP contribution in [0.5, 0.6) is 0 Å². The largest absolute Gasteiger partial charge is 0.319 e. The van der Waals surface area contributed by atoms with Gasteiger partial charge in [-0.15, -0.1) is 5.10 Å². The van der Waals surface area contributed by atoms with Gasteiger partial charge >= 0.3 is 0 Å². The Morgan fingerprint density at radius 3 is 2.81 bits per heavy atom. The van der Waals surface area contributed by atoms with Crippen LogP contribution in [-0.4, -0.2) is 15.0 Å². The second-order valence-corrected chi connectivity index (χ2v) is 4.29. The fraction of sp³-hybridized carbons (Fsp3) is 0.200. The third-order valence-corrected chi connectivity index (χ3v) is 2.98. The van der Waals surface area contributed by atoms with Crippen LogP contribution in [0.4, 0.5) is 4.39 Å². The monoisotopic (exact) mass is 284 g/mol. The standard InChI is InChI=1S/C10H10BrFN4/c1-16-9(5-14-15-16)10(13)6-2-3-8(12)7(11)4-6/h2-5,10H,13H2,1H3. The molecule has 1 heterocycles. The number of aromatic nitrogens is 3. The van der Waals surface area contributed by atoms with Gasteiger partial charge in [0.25, 0.3) is 0 Å². The number of halogens is 2. The molecular formula is C10H10BrFN4. The number of nitrogens with two attached hydrogens (primary N) is 1. The molecule has 1 aromatic heterocycles. The van der Waals surface area contributed by atoms with E-state index in [0.29, 0.717) is 4.47 Å². The van der Waals surface area contributed by atoms with Gasteiger partial charge in [-0.1, -0.05) is 11.3 Å². The molecule has 2 N–H and O–H groups in total. The summed E-state index contributed by atoms with van der Waals surface area (Å²) >= 11 is 3.13. The molecule has 2 rings (SSSR count). The lowest BCUT2D eigenvalue weighted by Gasteiger charge is -2.12. The predicted octanol–water partition coefficient (Wildman–Crippen LogP) is 1.76. The van der Waals surface area contributed by atoms with Crippen molar-refractivity contribution in [2.45, 2.75) is 6.04 Å². The predicted molar refractivity (Wildman–Crippen MR) is 61.1 cm³/mol. The summed E-state index contributed by atoms with van der Waals surface area (Å²) in [6, 6.07) is 4.32. The van der Waals surface area contributed by atoms with E-state index < -0.39 is 0 Å². The fourth-order valence-electron chi connectivity index (χ4n) is 1.46. The second-order valence-electron chi connectivity index (χ2n) is 3.43. The molecule has 0 amide bonds. The van der Waals surface area contributed by atoms with E-state index in [1.165, 1.54) is 6.07 Å². The lowest BCUT2D eigenvalue weighted by Crippen LogP contribution is -2.16. The maximum absolute atomic E-state index is 13.1. The van der Waals surface area contributed by atoms with Crippen molar-refractivity contribution in [1.82, 2.24) is 15.0 Å². The van der Waals surface area contributed by atoms with E-state index in [2.05, 4.69) is 26.2 Å². The molecule has 84 valence electrons. The van der Waals surface area contributed by atoms with Crippen LogP contribution in [-0.2, 0) is 7.05 Å². The summed E-state index contributed by atoms with van der Waals surface area (Å²) < 4.78 is 15.1. The Bertz CT molecular complexity index is 511. The highest BCUT2D eigenvalue weighted by Crippen LogP contribution is 2.23. The molecular weight excluding hydrogens is 275 g/mol. The van der Waals surface area contributed by atoms with E-state index in [-0.39, 0.29) is 11.9 Å². The summed E-state index contributed by atoms with van der Waals surface area (Å²) in [5.41, 5.74) is 7.62. The molecule has 0 aliphatic carbocycles. The van der Waals surface area contributed by atoms with Crippen LogP contribution < -0.4 is 5.73 Å². The molecule has 1 unspecified atom stereocenters. The van der Waals surface area contributed by atoms with Gasteiger partial charge < -0.3 is 5.73 Å². The Balaban J connectivity index is 2.38. The second kappa shape index (κ2) is 4.31. The Morgan fingerprint density at radius 1 is 1.50 bits per heavy atom. The van der Waals surface area contributed by atoms with Crippen LogP contribution in [0.1, 0.15) is 17.3 Å². The minimum atomic E-state index is -0.364. The van der Waals surface area contributed by atoms with E-state index in [1.54, 1.807) is 30.1 Å². The number of benzene rings is 1. The number of hydrogen-bond acceptors (Lipinski definition) is 3. The molecule has 0 saturated carbocycles. The Kier molecular flexibility index (Phi) is 3.02. The van der Waals surface area contributed by atoms with Gasteiger partial charge in [0.05, 0.1) is 22.4 Å². The van der Waals surface area contributed by atoms with Gasteiger partial charge in [-0.05, 0) is 33.6 Å². The average molecular weight is 285 g/mol. The van der Waals surface area contributed by atoms with Gasteiger partial charge in [0, 0.05) is 7.05 Å². The van der Waals surface area contributed by atoms with E-state index in [1.807, 2.05) is 0 Å². The first-order valence-corrected chi connectivity index (χ1v) is 5.44. The van der Waals surface area contributed by atoms with Crippen LogP contribution in [0.15, 0.2) is 28.9 Å². The number of aryl methyl sites for hydroxylation is 1. The smallest absolute Gasteiger partial charge is 0.137 e. The van der Waals surface area contributed by atoms with Crippen molar-refractivity contribution in [3.63, 3.8) is 0 Å². The van der Waals surface area contributed by atoms with Crippen molar-refractivity contribution >= 4 is 15.9 Å². The minimum absolute atomic E-state index is 0.306. The number of nitrogens with zero attached hydrogens (tertiary/aromatic N) is 3.